The van der Waals surface area contributed by atoms with Crippen LogP contribution in [0, 0.1) is 5.82 Å². The third-order valence-corrected chi connectivity index (χ3v) is 4.23. The number of halogens is 1. The summed E-state index contributed by atoms with van der Waals surface area (Å²) >= 11 is 1.12. The maximum atomic E-state index is 13.7. The minimum absolute atomic E-state index is 0.0643. The minimum atomic E-state index is -3.96. The largest absolute Gasteiger partial charge is 0.476 e. The molecule has 0 atom stereocenters. The number of sulfonamides is 1. The van der Waals surface area contributed by atoms with E-state index in [1.165, 1.54) is 17.5 Å². The van der Waals surface area contributed by atoms with Crippen LogP contribution >= 0.6 is 11.3 Å². The Kier molecular flexibility index (Phi) is 4.21. The molecule has 0 fully saturated rings. The van der Waals surface area contributed by atoms with Crippen LogP contribution in [0.2, 0.25) is 0 Å². The van der Waals surface area contributed by atoms with Gasteiger partial charge in [-0.3, -0.25) is 0 Å². The Balaban J connectivity index is 2.11. The van der Waals surface area contributed by atoms with Crippen LogP contribution in [0.1, 0.15) is 15.5 Å². The Morgan fingerprint density at radius 1 is 1.48 bits per heavy atom. The molecule has 21 heavy (non-hydrogen) atoms. The number of rotatable bonds is 5. The number of thiazole rings is 1. The summed E-state index contributed by atoms with van der Waals surface area (Å²) in [7, 11) is -3.96. The zero-order chi connectivity index (χ0) is 15.6. The number of aromatic carboxylic acids is 1. The van der Waals surface area contributed by atoms with E-state index in [9.17, 15) is 17.6 Å². The van der Waals surface area contributed by atoms with Crippen molar-refractivity contribution in [2.75, 3.05) is 5.32 Å². The van der Waals surface area contributed by atoms with Crippen molar-refractivity contribution in [1.29, 1.82) is 0 Å². The summed E-state index contributed by atoms with van der Waals surface area (Å²) in [5.74, 6) is -1.92. The van der Waals surface area contributed by atoms with Gasteiger partial charge in [0.1, 0.15) is 10.8 Å². The van der Waals surface area contributed by atoms with Crippen LogP contribution in [-0.2, 0) is 16.6 Å². The molecule has 0 saturated heterocycles. The average molecular weight is 331 g/mol. The van der Waals surface area contributed by atoms with E-state index in [1.54, 1.807) is 0 Å². The first-order valence-electron chi connectivity index (χ1n) is 5.51. The molecule has 0 unspecified atom stereocenters. The quantitative estimate of drug-likeness (QED) is 0.757. The number of benzene rings is 1. The highest BCUT2D eigenvalue weighted by atomic mass is 32.2. The monoisotopic (exact) mass is 331 g/mol. The number of carbonyl (C=O) groups is 1. The van der Waals surface area contributed by atoms with E-state index in [0.29, 0.717) is 5.01 Å². The van der Waals surface area contributed by atoms with Crippen molar-refractivity contribution in [3.8, 4) is 0 Å². The number of aromatic nitrogens is 1. The lowest BCUT2D eigenvalue weighted by Crippen LogP contribution is -2.12. The summed E-state index contributed by atoms with van der Waals surface area (Å²) in [5, 5.41) is 18.2. The van der Waals surface area contributed by atoms with E-state index < -0.39 is 21.8 Å². The van der Waals surface area contributed by atoms with Crippen LogP contribution in [0.4, 0.5) is 10.1 Å². The van der Waals surface area contributed by atoms with Crippen molar-refractivity contribution in [3.05, 3.63) is 40.1 Å². The van der Waals surface area contributed by atoms with Gasteiger partial charge in [-0.15, -0.1) is 11.3 Å². The summed E-state index contributed by atoms with van der Waals surface area (Å²) in [5.41, 5.74) is -0.0173. The fraction of sp³-hybridized carbons (Fsp3) is 0.0909. The summed E-state index contributed by atoms with van der Waals surface area (Å²) in [4.78, 5) is 14.2. The molecule has 0 bridgehead atoms. The second-order valence-corrected chi connectivity index (χ2v) is 6.48. The van der Waals surface area contributed by atoms with Gasteiger partial charge in [-0.1, -0.05) is 0 Å². The van der Waals surface area contributed by atoms with Gasteiger partial charge in [0.2, 0.25) is 10.0 Å². The number of hydrogen-bond acceptors (Lipinski definition) is 6. The first-order chi connectivity index (χ1) is 9.77. The SMILES string of the molecule is NS(=O)(=O)c1ccc(NCc2nc(C(=O)O)cs2)c(F)c1. The van der Waals surface area contributed by atoms with E-state index >= 15 is 0 Å². The Labute approximate surface area is 123 Å². The fourth-order valence-electron chi connectivity index (χ4n) is 1.48. The van der Waals surface area contributed by atoms with Crippen molar-refractivity contribution in [1.82, 2.24) is 4.98 Å². The second kappa shape index (κ2) is 5.76. The molecule has 2 rings (SSSR count). The summed E-state index contributed by atoms with van der Waals surface area (Å²) < 4.78 is 35.9. The predicted molar refractivity (Wildman–Crippen MR) is 74.2 cm³/mol. The van der Waals surface area contributed by atoms with Crippen molar-refractivity contribution in [2.45, 2.75) is 11.4 Å². The van der Waals surface area contributed by atoms with Crippen LogP contribution in [0.15, 0.2) is 28.5 Å². The molecule has 2 aromatic rings. The van der Waals surface area contributed by atoms with E-state index in [2.05, 4.69) is 10.3 Å². The number of carboxylic acid groups (broad SMARTS) is 1. The molecule has 0 radical (unpaired) electrons. The lowest BCUT2D eigenvalue weighted by atomic mass is 10.3. The van der Waals surface area contributed by atoms with Crippen LogP contribution in [-0.4, -0.2) is 24.5 Å². The predicted octanol–water partition coefficient (Wildman–Crippen LogP) is 1.24. The van der Waals surface area contributed by atoms with Gasteiger partial charge in [0, 0.05) is 5.38 Å². The number of anilines is 1. The molecule has 7 nitrogen and oxygen atoms in total. The molecule has 112 valence electrons. The second-order valence-electron chi connectivity index (χ2n) is 3.97. The van der Waals surface area contributed by atoms with Gasteiger partial charge in [0.15, 0.2) is 5.69 Å². The zero-order valence-corrected chi connectivity index (χ0v) is 12.0. The molecule has 0 spiro atoms. The molecule has 0 aliphatic carbocycles. The van der Waals surface area contributed by atoms with Crippen LogP contribution < -0.4 is 10.5 Å². The van der Waals surface area contributed by atoms with Crippen molar-refractivity contribution >= 4 is 33.0 Å². The highest BCUT2D eigenvalue weighted by Crippen LogP contribution is 2.19. The molecule has 0 amide bonds. The number of carboxylic acids is 1. The summed E-state index contributed by atoms with van der Waals surface area (Å²) in [6.07, 6.45) is 0. The Bertz CT molecular complexity index is 789. The molecule has 10 heteroatoms. The summed E-state index contributed by atoms with van der Waals surface area (Å²) in [6, 6.07) is 3.22. The number of nitrogens with zero attached hydrogens (tertiary/aromatic N) is 1. The normalized spacial score (nSPS) is 11.3. The van der Waals surface area contributed by atoms with Gasteiger partial charge in [-0.05, 0) is 18.2 Å². The van der Waals surface area contributed by atoms with Gasteiger partial charge in [0.05, 0.1) is 17.1 Å². The lowest BCUT2D eigenvalue weighted by Gasteiger charge is -2.07. The fourth-order valence-corrected chi connectivity index (χ4v) is 2.71. The first-order valence-corrected chi connectivity index (χ1v) is 7.94. The topological polar surface area (TPSA) is 122 Å². The van der Waals surface area contributed by atoms with Gasteiger partial charge in [0.25, 0.3) is 0 Å². The maximum Gasteiger partial charge on any atom is 0.355 e. The number of primary sulfonamides is 1. The number of hydrogen-bond donors (Lipinski definition) is 3. The van der Waals surface area contributed by atoms with E-state index in [4.69, 9.17) is 10.2 Å². The molecular formula is C11H10FN3O4S2. The molecule has 1 heterocycles. The van der Waals surface area contributed by atoms with E-state index in [1.807, 2.05) is 0 Å². The molecule has 1 aromatic heterocycles. The maximum absolute atomic E-state index is 13.7. The first kappa shape index (κ1) is 15.4. The van der Waals surface area contributed by atoms with Crippen molar-refractivity contribution in [2.24, 2.45) is 5.14 Å². The van der Waals surface area contributed by atoms with Crippen LogP contribution in [0.25, 0.3) is 0 Å². The molecule has 0 aliphatic heterocycles. The standard InChI is InChI=1S/C11H10FN3O4S2/c12-7-3-6(21(13,18)19)1-2-8(7)14-4-10-15-9(5-20-10)11(16)17/h1-3,5,14H,4H2,(H,16,17)(H2,13,18,19). The van der Waals surface area contributed by atoms with E-state index in [-0.39, 0.29) is 22.8 Å². The van der Waals surface area contributed by atoms with E-state index in [0.717, 1.165) is 17.4 Å². The molecule has 0 aliphatic rings. The minimum Gasteiger partial charge on any atom is -0.476 e. The molecule has 1 aromatic carbocycles. The smallest absolute Gasteiger partial charge is 0.355 e. The Morgan fingerprint density at radius 2 is 2.19 bits per heavy atom. The molecular weight excluding hydrogens is 321 g/mol. The third kappa shape index (κ3) is 3.74. The zero-order valence-electron chi connectivity index (χ0n) is 10.4. The van der Waals surface area contributed by atoms with Crippen LogP contribution in [0.3, 0.4) is 0 Å². The van der Waals surface area contributed by atoms with Crippen LogP contribution in [0.5, 0.6) is 0 Å². The van der Waals surface area contributed by atoms with Crippen molar-refractivity contribution in [3.63, 3.8) is 0 Å². The number of nitrogens with two attached hydrogens (primary N) is 1. The molecule has 4 N–H and O–H groups in total. The molecule has 0 saturated carbocycles. The van der Waals surface area contributed by atoms with Gasteiger partial charge in [-0.2, -0.15) is 0 Å². The third-order valence-electron chi connectivity index (χ3n) is 2.47. The van der Waals surface area contributed by atoms with Crippen molar-refractivity contribution < 1.29 is 22.7 Å². The number of nitrogens with one attached hydrogen (secondary N) is 1. The average Bonchev–Trinajstić information content (AvgIpc) is 2.85. The highest BCUT2D eigenvalue weighted by Gasteiger charge is 2.12. The van der Waals surface area contributed by atoms with Gasteiger partial charge >= 0.3 is 5.97 Å². The Hall–Kier alpha value is -2.04. The summed E-state index contributed by atoms with van der Waals surface area (Å²) in [6.45, 7) is 0.115. The van der Waals surface area contributed by atoms with Gasteiger partial charge in [-0.25, -0.2) is 27.7 Å². The Morgan fingerprint density at radius 3 is 2.71 bits per heavy atom. The lowest BCUT2D eigenvalue weighted by molar-refractivity contribution is 0.0691. The van der Waals surface area contributed by atoms with Gasteiger partial charge < -0.3 is 10.4 Å². The highest BCUT2D eigenvalue weighted by molar-refractivity contribution is 7.89.